The highest BCUT2D eigenvalue weighted by Crippen LogP contribution is 2.24. The van der Waals surface area contributed by atoms with Crippen LogP contribution in [0.1, 0.15) is 32.6 Å². The van der Waals surface area contributed by atoms with Crippen LogP contribution >= 0.6 is 11.6 Å². The predicted molar refractivity (Wildman–Crippen MR) is 125 cm³/mol. The lowest BCUT2D eigenvalue weighted by atomic mass is 10.1. The number of rotatable bonds is 6. The van der Waals surface area contributed by atoms with Crippen LogP contribution in [0.4, 0.5) is 15.3 Å². The predicted octanol–water partition coefficient (Wildman–Crippen LogP) is 3.26. The van der Waals surface area contributed by atoms with Gasteiger partial charge in [-0.05, 0) is 51.1 Å². The minimum atomic E-state index is -1.27. The van der Waals surface area contributed by atoms with E-state index in [1.807, 2.05) is 0 Å². The van der Waals surface area contributed by atoms with Crippen molar-refractivity contribution in [2.45, 2.75) is 32.4 Å². The molecule has 1 aromatic heterocycles. The average Bonchev–Trinajstić information content (AvgIpc) is 2.72. The number of aliphatic hydroxyl groups is 1. The summed E-state index contributed by atoms with van der Waals surface area (Å²) >= 11 is 6.26. The van der Waals surface area contributed by atoms with Gasteiger partial charge in [-0.1, -0.05) is 23.7 Å². The van der Waals surface area contributed by atoms with Gasteiger partial charge in [0.25, 0.3) is 5.56 Å². The molecule has 174 valence electrons. The molecular weight excluding hydrogens is 450 g/mol. The molecule has 11 heteroatoms. The number of fused-ring (bicyclic) bond motifs is 1. The second-order valence-electron chi connectivity index (χ2n) is 8.09. The molecule has 5 N–H and O–H groups in total. The molecule has 3 amide bonds. The number of hydrogen-bond acceptors (Lipinski definition) is 5. The lowest BCUT2D eigenvalue weighted by molar-refractivity contribution is 0.187. The number of aliphatic hydroxyl groups excluding tert-OH is 1. The van der Waals surface area contributed by atoms with Crippen molar-refractivity contribution >= 4 is 40.3 Å². The lowest BCUT2D eigenvalue weighted by Crippen LogP contribution is -2.48. The van der Waals surface area contributed by atoms with Crippen molar-refractivity contribution in [3.63, 3.8) is 0 Å². The van der Waals surface area contributed by atoms with Crippen molar-refractivity contribution in [3.8, 4) is 5.69 Å². The smallest absolute Gasteiger partial charge is 0.405 e. The Morgan fingerprint density at radius 1 is 1.21 bits per heavy atom. The standard InChI is InChI=1S/C22H24ClN5O5/c1-12(24-21(32)33)18-26-16-9-5-8-15(23)17(16)19(30)28(18)14-7-4-6-13(10-14)25-20(31)27-22(2,3)11-29/h4-10,12,24,29H,11H2,1-3H3,(H,32,33)(H2,25,27,31). The Hall–Kier alpha value is -3.63. The van der Waals surface area contributed by atoms with E-state index < -0.39 is 29.3 Å². The summed E-state index contributed by atoms with van der Waals surface area (Å²) in [6.07, 6.45) is -1.27. The molecule has 1 heterocycles. The molecule has 0 radical (unpaired) electrons. The van der Waals surface area contributed by atoms with E-state index in [0.29, 0.717) is 16.9 Å². The molecule has 1 unspecified atom stereocenters. The van der Waals surface area contributed by atoms with Crippen LogP contribution in [-0.2, 0) is 0 Å². The van der Waals surface area contributed by atoms with Crippen molar-refractivity contribution in [2.24, 2.45) is 0 Å². The highest BCUT2D eigenvalue weighted by atomic mass is 35.5. The summed E-state index contributed by atoms with van der Waals surface area (Å²) in [5.41, 5.74) is -0.263. The molecule has 33 heavy (non-hydrogen) atoms. The number of aromatic nitrogens is 2. The molecule has 0 saturated carbocycles. The van der Waals surface area contributed by atoms with Crippen LogP contribution in [0.5, 0.6) is 0 Å². The van der Waals surface area contributed by atoms with E-state index in [2.05, 4.69) is 20.9 Å². The number of nitrogens with zero attached hydrogens (tertiary/aromatic N) is 2. The van der Waals surface area contributed by atoms with E-state index in [1.165, 1.54) is 4.57 Å². The molecule has 1 atom stereocenters. The zero-order valence-corrected chi connectivity index (χ0v) is 19.0. The summed E-state index contributed by atoms with van der Waals surface area (Å²) in [7, 11) is 0. The molecule has 0 aliphatic heterocycles. The first-order valence-electron chi connectivity index (χ1n) is 10.0. The van der Waals surface area contributed by atoms with E-state index in [-0.39, 0.29) is 22.8 Å². The third-order valence-corrected chi connectivity index (χ3v) is 5.12. The number of carboxylic acid groups (broad SMARTS) is 1. The Labute approximate surface area is 194 Å². The Bertz CT molecular complexity index is 1270. The van der Waals surface area contributed by atoms with Crippen molar-refractivity contribution in [2.75, 3.05) is 11.9 Å². The Morgan fingerprint density at radius 3 is 2.58 bits per heavy atom. The van der Waals surface area contributed by atoms with Crippen LogP contribution in [0.2, 0.25) is 5.02 Å². The molecular formula is C22H24ClN5O5. The van der Waals surface area contributed by atoms with Crippen molar-refractivity contribution in [3.05, 3.63) is 63.7 Å². The van der Waals surface area contributed by atoms with Gasteiger partial charge in [-0.3, -0.25) is 9.36 Å². The lowest BCUT2D eigenvalue weighted by Gasteiger charge is -2.23. The van der Waals surface area contributed by atoms with E-state index in [1.54, 1.807) is 63.2 Å². The van der Waals surface area contributed by atoms with E-state index in [0.717, 1.165) is 0 Å². The Morgan fingerprint density at radius 2 is 1.91 bits per heavy atom. The molecule has 2 aromatic carbocycles. The van der Waals surface area contributed by atoms with Crippen molar-refractivity contribution < 1.29 is 19.8 Å². The summed E-state index contributed by atoms with van der Waals surface area (Å²) in [5.74, 6) is 0.153. The fraction of sp³-hybridized carbons (Fsp3) is 0.273. The maximum atomic E-state index is 13.5. The highest BCUT2D eigenvalue weighted by molar-refractivity contribution is 6.35. The number of hydrogen-bond donors (Lipinski definition) is 5. The second-order valence-corrected chi connectivity index (χ2v) is 8.49. The summed E-state index contributed by atoms with van der Waals surface area (Å²) in [4.78, 5) is 41.5. The fourth-order valence-corrected chi connectivity index (χ4v) is 3.48. The van der Waals surface area contributed by atoms with Gasteiger partial charge in [0, 0.05) is 5.69 Å². The Balaban J connectivity index is 2.12. The molecule has 10 nitrogen and oxygen atoms in total. The number of urea groups is 1. The fourth-order valence-electron chi connectivity index (χ4n) is 3.23. The molecule has 0 aliphatic carbocycles. The first-order chi connectivity index (χ1) is 15.5. The highest BCUT2D eigenvalue weighted by Gasteiger charge is 2.22. The van der Waals surface area contributed by atoms with Crippen molar-refractivity contribution in [1.82, 2.24) is 20.2 Å². The summed E-state index contributed by atoms with van der Waals surface area (Å²) < 4.78 is 1.26. The van der Waals surface area contributed by atoms with Gasteiger partial charge in [0.05, 0.1) is 39.8 Å². The first kappa shape index (κ1) is 24.0. The normalized spacial score (nSPS) is 12.3. The summed E-state index contributed by atoms with van der Waals surface area (Å²) in [5, 5.41) is 26.5. The molecule has 0 aliphatic rings. The molecule has 0 fully saturated rings. The summed E-state index contributed by atoms with van der Waals surface area (Å²) in [6.45, 7) is 4.64. The maximum Gasteiger partial charge on any atom is 0.405 e. The number of benzene rings is 2. The van der Waals surface area contributed by atoms with Crippen LogP contribution in [0.3, 0.4) is 0 Å². The van der Waals surface area contributed by atoms with Gasteiger partial charge >= 0.3 is 12.1 Å². The SMILES string of the molecule is CC(NC(=O)O)c1nc2cccc(Cl)c2c(=O)n1-c1cccc(NC(=O)NC(C)(C)CO)c1. The van der Waals surface area contributed by atoms with Gasteiger partial charge in [-0.15, -0.1) is 0 Å². The molecule has 0 bridgehead atoms. The van der Waals surface area contributed by atoms with Crippen LogP contribution < -0.4 is 21.5 Å². The molecule has 0 spiro atoms. The molecule has 0 saturated heterocycles. The third-order valence-electron chi connectivity index (χ3n) is 4.81. The number of halogens is 1. The van der Waals surface area contributed by atoms with Crippen LogP contribution in [0.25, 0.3) is 16.6 Å². The van der Waals surface area contributed by atoms with E-state index in [4.69, 9.17) is 11.6 Å². The zero-order chi connectivity index (χ0) is 24.3. The Kier molecular flexibility index (Phi) is 6.89. The largest absolute Gasteiger partial charge is 0.465 e. The zero-order valence-electron chi connectivity index (χ0n) is 18.2. The number of amides is 3. The van der Waals surface area contributed by atoms with Gasteiger partial charge < -0.3 is 26.2 Å². The summed E-state index contributed by atoms with van der Waals surface area (Å²) in [6, 6.07) is 9.90. The van der Waals surface area contributed by atoms with Crippen LogP contribution in [0.15, 0.2) is 47.3 Å². The van der Waals surface area contributed by atoms with Crippen LogP contribution in [-0.4, -0.2) is 44.0 Å². The number of carbonyl (C=O) groups excluding carboxylic acids is 1. The maximum absolute atomic E-state index is 13.5. The third kappa shape index (κ3) is 5.41. The quantitative estimate of drug-likeness (QED) is 0.371. The van der Waals surface area contributed by atoms with Gasteiger partial charge in [0.2, 0.25) is 0 Å². The molecule has 3 rings (SSSR count). The van der Waals surface area contributed by atoms with Crippen molar-refractivity contribution in [1.29, 1.82) is 0 Å². The minimum absolute atomic E-state index is 0.153. The van der Waals surface area contributed by atoms with Gasteiger partial charge in [0.1, 0.15) is 5.82 Å². The topological polar surface area (TPSA) is 146 Å². The minimum Gasteiger partial charge on any atom is -0.465 e. The monoisotopic (exact) mass is 473 g/mol. The van der Waals surface area contributed by atoms with Gasteiger partial charge in [0.15, 0.2) is 0 Å². The average molecular weight is 474 g/mol. The van der Waals surface area contributed by atoms with E-state index >= 15 is 0 Å². The van der Waals surface area contributed by atoms with Gasteiger partial charge in [-0.25, -0.2) is 14.6 Å². The number of anilines is 1. The van der Waals surface area contributed by atoms with E-state index in [9.17, 15) is 24.6 Å². The number of carbonyl (C=O) groups is 2. The first-order valence-corrected chi connectivity index (χ1v) is 10.4. The number of nitrogens with one attached hydrogen (secondary N) is 3. The second kappa shape index (κ2) is 9.47. The van der Waals surface area contributed by atoms with Crippen LogP contribution in [0, 0.1) is 0 Å². The van der Waals surface area contributed by atoms with Gasteiger partial charge in [-0.2, -0.15) is 0 Å². The molecule has 3 aromatic rings.